The Labute approximate surface area is 200 Å². The number of alkyl halides is 3. The van der Waals surface area contributed by atoms with E-state index in [1.165, 1.54) is 11.3 Å². The second-order valence-corrected chi connectivity index (χ2v) is 7.96. The maximum absolute atomic E-state index is 10.6. The largest absolute Gasteiger partial charge is 0.490 e. The summed E-state index contributed by atoms with van der Waals surface area (Å²) in [5.74, 6) is -2.14. The summed E-state index contributed by atoms with van der Waals surface area (Å²) in [6, 6.07) is 12.9. The van der Waals surface area contributed by atoms with Crippen molar-refractivity contribution in [3.63, 3.8) is 0 Å². The number of carboxylic acid groups (broad SMARTS) is 1. The lowest BCUT2D eigenvalue weighted by Crippen LogP contribution is -2.43. The number of nitrogens with zero attached hydrogens (tertiary/aromatic N) is 5. The number of carboxylic acids is 1. The van der Waals surface area contributed by atoms with Crippen LogP contribution in [0.3, 0.4) is 0 Å². The normalized spacial score (nSPS) is 13.7. The molecule has 4 rings (SSSR count). The third-order valence-corrected chi connectivity index (χ3v) is 5.49. The van der Waals surface area contributed by atoms with Crippen molar-refractivity contribution in [1.82, 2.24) is 20.1 Å². The van der Waals surface area contributed by atoms with Crippen LogP contribution in [-0.2, 0) is 18.3 Å². The van der Waals surface area contributed by atoms with Gasteiger partial charge in [-0.25, -0.2) is 9.78 Å². The van der Waals surface area contributed by atoms with Crippen LogP contribution in [0.2, 0.25) is 0 Å². The van der Waals surface area contributed by atoms with Gasteiger partial charge >= 0.3 is 12.1 Å². The molecule has 0 radical (unpaired) electrons. The molecule has 186 valence electrons. The van der Waals surface area contributed by atoms with Crippen LogP contribution in [0.15, 0.2) is 30.3 Å². The van der Waals surface area contributed by atoms with Gasteiger partial charge in [0.15, 0.2) is 5.65 Å². The Morgan fingerprint density at radius 1 is 1.26 bits per heavy atom. The van der Waals surface area contributed by atoms with Gasteiger partial charge in [0.25, 0.3) is 0 Å². The molecule has 0 amide bonds. The van der Waals surface area contributed by atoms with E-state index in [-0.39, 0.29) is 0 Å². The van der Waals surface area contributed by atoms with Crippen molar-refractivity contribution in [3.8, 4) is 6.07 Å². The number of aliphatic carboxylic acids is 1. The van der Waals surface area contributed by atoms with Gasteiger partial charge in [0.1, 0.15) is 11.9 Å². The van der Waals surface area contributed by atoms with Gasteiger partial charge in [0.05, 0.1) is 11.3 Å². The molecule has 1 fully saturated rings. The molecule has 0 aliphatic carbocycles. The van der Waals surface area contributed by atoms with Crippen molar-refractivity contribution in [3.05, 3.63) is 47.2 Å². The number of nitrogens with one attached hydrogen (secondary N) is 2. The summed E-state index contributed by atoms with van der Waals surface area (Å²) in [6.07, 6.45) is -4.21. The quantitative estimate of drug-likeness (QED) is 0.501. The van der Waals surface area contributed by atoms with Crippen molar-refractivity contribution in [1.29, 1.82) is 5.26 Å². The molecule has 1 aromatic carbocycles. The van der Waals surface area contributed by atoms with Crippen molar-refractivity contribution >= 4 is 28.5 Å². The summed E-state index contributed by atoms with van der Waals surface area (Å²) in [5, 5.41) is 28.6. The van der Waals surface area contributed by atoms with E-state index in [1.54, 1.807) is 4.68 Å². The molecule has 3 aromatic rings. The summed E-state index contributed by atoms with van der Waals surface area (Å²) in [5.41, 5.74) is 4.78. The third kappa shape index (κ3) is 6.60. The Balaban J connectivity index is 0.000000429. The monoisotopic (exact) mass is 489 g/mol. The highest BCUT2D eigenvalue weighted by molar-refractivity contribution is 5.82. The molecule has 1 aliphatic heterocycles. The molecular formula is C23H26F3N7O2. The number of halogens is 3. The lowest BCUT2D eigenvalue weighted by molar-refractivity contribution is -0.192. The molecule has 0 unspecified atom stereocenters. The van der Waals surface area contributed by atoms with Gasteiger partial charge in [-0.3, -0.25) is 4.68 Å². The molecule has 3 heterocycles. The van der Waals surface area contributed by atoms with Gasteiger partial charge < -0.3 is 20.6 Å². The Morgan fingerprint density at radius 2 is 1.89 bits per heavy atom. The summed E-state index contributed by atoms with van der Waals surface area (Å²) < 4.78 is 33.5. The summed E-state index contributed by atoms with van der Waals surface area (Å²) in [7, 11) is 1.87. The third-order valence-electron chi connectivity index (χ3n) is 5.49. The van der Waals surface area contributed by atoms with Crippen molar-refractivity contribution in [2.24, 2.45) is 7.05 Å². The molecule has 9 nitrogen and oxygen atoms in total. The minimum absolute atomic E-state index is 0.553. The molecule has 3 N–H and O–H groups in total. The predicted molar refractivity (Wildman–Crippen MR) is 125 cm³/mol. The zero-order chi connectivity index (χ0) is 25.6. The minimum atomic E-state index is -5.08. The molecule has 0 atom stereocenters. The molecule has 2 aromatic heterocycles. The molecule has 0 saturated carbocycles. The fourth-order valence-electron chi connectivity index (χ4n) is 3.68. The number of benzene rings is 1. The van der Waals surface area contributed by atoms with Crippen LogP contribution in [0.5, 0.6) is 0 Å². The van der Waals surface area contributed by atoms with Crippen LogP contribution >= 0.6 is 0 Å². The van der Waals surface area contributed by atoms with E-state index in [1.807, 2.05) is 20.0 Å². The highest BCUT2D eigenvalue weighted by atomic mass is 19.4. The average molecular weight is 490 g/mol. The molecule has 0 spiro atoms. The lowest BCUT2D eigenvalue weighted by Gasteiger charge is -2.29. The van der Waals surface area contributed by atoms with E-state index in [2.05, 4.69) is 56.0 Å². The second kappa shape index (κ2) is 11.1. The fourth-order valence-corrected chi connectivity index (χ4v) is 3.68. The van der Waals surface area contributed by atoms with Gasteiger partial charge in [0, 0.05) is 50.8 Å². The molecule has 1 saturated heterocycles. The smallest absolute Gasteiger partial charge is 0.475 e. The van der Waals surface area contributed by atoms with E-state index in [4.69, 9.17) is 9.90 Å². The molecule has 1 aliphatic rings. The fraction of sp³-hybridized carbons (Fsp3) is 0.391. The zero-order valence-corrected chi connectivity index (χ0v) is 19.4. The Hall–Kier alpha value is -3.85. The first-order chi connectivity index (χ1) is 16.6. The van der Waals surface area contributed by atoms with E-state index < -0.39 is 12.1 Å². The van der Waals surface area contributed by atoms with Crippen LogP contribution in [0, 0.1) is 18.3 Å². The van der Waals surface area contributed by atoms with Crippen LogP contribution < -0.4 is 15.5 Å². The summed E-state index contributed by atoms with van der Waals surface area (Å²) in [6.45, 7) is 6.85. The van der Waals surface area contributed by atoms with Crippen molar-refractivity contribution in [2.45, 2.75) is 19.5 Å². The Morgan fingerprint density at radius 3 is 2.46 bits per heavy atom. The van der Waals surface area contributed by atoms with E-state index in [9.17, 15) is 18.4 Å². The number of fused-ring (bicyclic) bond motifs is 1. The van der Waals surface area contributed by atoms with E-state index in [0.29, 0.717) is 11.4 Å². The van der Waals surface area contributed by atoms with Crippen molar-refractivity contribution < 1.29 is 23.1 Å². The number of pyridine rings is 1. The highest BCUT2D eigenvalue weighted by Gasteiger charge is 2.38. The molecule has 0 bridgehead atoms. The number of piperazine rings is 1. The first-order valence-corrected chi connectivity index (χ1v) is 10.9. The van der Waals surface area contributed by atoms with Gasteiger partial charge in [-0.15, -0.1) is 0 Å². The van der Waals surface area contributed by atoms with Crippen molar-refractivity contribution in [2.75, 3.05) is 42.9 Å². The molecule has 35 heavy (non-hydrogen) atoms. The number of nitriles is 1. The first-order valence-electron chi connectivity index (χ1n) is 10.9. The summed E-state index contributed by atoms with van der Waals surface area (Å²) >= 11 is 0. The average Bonchev–Trinajstić information content (AvgIpc) is 3.11. The molecule has 12 heteroatoms. The Bertz CT molecular complexity index is 1210. The number of anilines is 2. The van der Waals surface area contributed by atoms with Crippen LogP contribution in [0.25, 0.3) is 11.0 Å². The second-order valence-electron chi connectivity index (χ2n) is 7.96. The number of carbonyl (C=O) groups is 1. The van der Waals surface area contributed by atoms with Gasteiger partial charge in [-0.2, -0.15) is 23.5 Å². The van der Waals surface area contributed by atoms with Crippen LogP contribution in [0.4, 0.5) is 24.7 Å². The number of hydrogen-bond donors (Lipinski definition) is 3. The van der Waals surface area contributed by atoms with E-state index >= 15 is 0 Å². The number of hydrogen-bond acceptors (Lipinski definition) is 7. The number of aryl methyl sites for hydroxylation is 2. The maximum Gasteiger partial charge on any atom is 0.490 e. The summed E-state index contributed by atoms with van der Waals surface area (Å²) in [4.78, 5) is 15.9. The highest BCUT2D eigenvalue weighted by Crippen LogP contribution is 2.22. The van der Waals surface area contributed by atoms with E-state index in [0.717, 1.165) is 55.9 Å². The number of rotatable bonds is 5. The van der Waals surface area contributed by atoms with Crippen LogP contribution in [0.1, 0.15) is 16.8 Å². The SMILES string of the molecule is Cc1nn(C)c2nc(NCCc3ccc(N4CCNCC4)cc3)c(C#N)cc12.O=C(O)C(F)(F)F. The maximum atomic E-state index is 10.6. The van der Waals surface area contributed by atoms with Gasteiger partial charge in [-0.1, -0.05) is 12.1 Å². The zero-order valence-electron chi connectivity index (χ0n) is 19.4. The minimum Gasteiger partial charge on any atom is -0.475 e. The standard InChI is InChI=1S/C21H25N7.C2HF3O2/c1-15-19-13-17(14-22)20(25-21(19)27(2)26-15)24-8-7-16-3-5-18(6-4-16)28-11-9-23-10-12-28;3-2(4,5)1(6)7/h3-6,13,23H,7-12H2,1-2H3,(H,24,25);(H,6,7). The lowest BCUT2D eigenvalue weighted by atomic mass is 10.1. The number of aromatic nitrogens is 3. The van der Waals surface area contributed by atoms with Gasteiger partial charge in [0.2, 0.25) is 0 Å². The van der Waals surface area contributed by atoms with Gasteiger partial charge in [-0.05, 0) is 37.1 Å². The first kappa shape index (κ1) is 25.8. The topological polar surface area (TPSA) is 119 Å². The Kier molecular flexibility index (Phi) is 8.14. The molecular weight excluding hydrogens is 463 g/mol. The van der Waals surface area contributed by atoms with Crippen LogP contribution in [-0.4, -0.2) is 64.7 Å². The predicted octanol–water partition coefficient (Wildman–Crippen LogP) is 2.85.